The molecule has 86 valence electrons. The normalized spacial score (nSPS) is 14.1. The molecule has 0 saturated carbocycles. The smallest absolute Gasteiger partial charge is 0.308 e. The summed E-state index contributed by atoms with van der Waals surface area (Å²) in [5, 5.41) is 4.31. The van der Waals surface area contributed by atoms with E-state index < -0.39 is 12.7 Å². The van der Waals surface area contributed by atoms with Gasteiger partial charge < -0.3 is 5.32 Å². The highest BCUT2D eigenvalue weighted by Crippen LogP contribution is 2.13. The number of rotatable bonds is 5. The maximum atomic E-state index is 11.8. The van der Waals surface area contributed by atoms with Crippen LogP contribution in [0.4, 0.5) is 13.2 Å². The highest BCUT2D eigenvalue weighted by molar-refractivity contribution is 7.07. The lowest BCUT2D eigenvalue weighted by Gasteiger charge is -2.12. The average molecular weight is 238 g/mol. The topological polar surface area (TPSA) is 24.9 Å². The molecule has 2 nitrogen and oxygen atoms in total. The van der Waals surface area contributed by atoms with E-state index in [9.17, 15) is 13.2 Å². The molecular formula is C9H13F3N2S. The summed E-state index contributed by atoms with van der Waals surface area (Å²) in [5.41, 5.74) is 2.67. The monoisotopic (exact) mass is 238 g/mol. The van der Waals surface area contributed by atoms with Crippen molar-refractivity contribution in [1.82, 2.24) is 10.3 Å². The van der Waals surface area contributed by atoms with Crippen LogP contribution in [0.3, 0.4) is 0 Å². The first-order valence-electron chi connectivity index (χ1n) is 4.62. The van der Waals surface area contributed by atoms with Crippen molar-refractivity contribution in [1.29, 1.82) is 0 Å². The van der Waals surface area contributed by atoms with Gasteiger partial charge in [0.2, 0.25) is 0 Å². The fraction of sp³-hybridized carbons (Fsp3) is 0.667. The first kappa shape index (κ1) is 12.4. The number of aromatic nitrogens is 1. The van der Waals surface area contributed by atoms with Crippen LogP contribution in [0.5, 0.6) is 0 Å². The van der Waals surface area contributed by atoms with Crippen LogP contribution in [-0.4, -0.2) is 24.2 Å². The van der Waals surface area contributed by atoms with Crippen LogP contribution in [0.15, 0.2) is 10.9 Å². The molecule has 0 aliphatic rings. The summed E-state index contributed by atoms with van der Waals surface area (Å²) >= 11 is 1.50. The number of halogens is 3. The van der Waals surface area contributed by atoms with Crippen molar-refractivity contribution in [3.8, 4) is 0 Å². The molecule has 0 aliphatic carbocycles. The quantitative estimate of drug-likeness (QED) is 0.852. The molecule has 0 spiro atoms. The van der Waals surface area contributed by atoms with E-state index in [0.717, 1.165) is 5.69 Å². The zero-order valence-electron chi connectivity index (χ0n) is 8.34. The lowest BCUT2D eigenvalue weighted by Crippen LogP contribution is -2.32. The summed E-state index contributed by atoms with van der Waals surface area (Å²) in [6.07, 6.45) is -3.41. The summed E-state index contributed by atoms with van der Waals surface area (Å²) in [6.45, 7) is 1.34. The minimum atomic E-state index is -4.12. The molecule has 6 heteroatoms. The molecule has 1 atom stereocenters. The van der Waals surface area contributed by atoms with Crippen LogP contribution in [0.1, 0.15) is 12.6 Å². The number of nitrogens with zero attached hydrogens (tertiary/aromatic N) is 1. The zero-order valence-corrected chi connectivity index (χ0v) is 9.16. The molecular weight excluding hydrogens is 225 g/mol. The Bertz CT molecular complexity index is 271. The summed E-state index contributed by atoms with van der Waals surface area (Å²) < 4.78 is 35.4. The minimum absolute atomic E-state index is 0.162. The van der Waals surface area contributed by atoms with Crippen molar-refractivity contribution < 1.29 is 13.2 Å². The van der Waals surface area contributed by atoms with Crippen molar-refractivity contribution in [3.63, 3.8) is 0 Å². The fourth-order valence-corrected chi connectivity index (χ4v) is 1.80. The maximum Gasteiger partial charge on any atom is 0.401 e. The predicted molar refractivity (Wildman–Crippen MR) is 53.9 cm³/mol. The molecule has 0 saturated heterocycles. The Balaban J connectivity index is 2.17. The number of hydrogen-bond acceptors (Lipinski definition) is 3. The zero-order chi connectivity index (χ0) is 11.3. The van der Waals surface area contributed by atoms with Gasteiger partial charge in [0.15, 0.2) is 0 Å². The van der Waals surface area contributed by atoms with E-state index >= 15 is 0 Å². The van der Waals surface area contributed by atoms with Crippen LogP contribution >= 0.6 is 11.3 Å². The van der Waals surface area contributed by atoms with Gasteiger partial charge in [-0.1, -0.05) is 6.92 Å². The van der Waals surface area contributed by atoms with Crippen LogP contribution in [0, 0.1) is 5.92 Å². The van der Waals surface area contributed by atoms with Gasteiger partial charge in [0.1, 0.15) is 0 Å². The predicted octanol–water partition coefficient (Wildman–Crippen LogP) is 2.47. The first-order valence-corrected chi connectivity index (χ1v) is 5.56. The molecule has 1 heterocycles. The van der Waals surface area contributed by atoms with E-state index in [1.165, 1.54) is 11.3 Å². The van der Waals surface area contributed by atoms with Crippen LogP contribution in [-0.2, 0) is 6.42 Å². The fourth-order valence-electron chi connectivity index (χ4n) is 1.23. The summed E-state index contributed by atoms with van der Waals surface area (Å²) in [7, 11) is 0. The van der Waals surface area contributed by atoms with Gasteiger partial charge in [0, 0.05) is 5.38 Å². The van der Waals surface area contributed by atoms with Gasteiger partial charge in [-0.05, 0) is 18.9 Å². The summed E-state index contributed by atoms with van der Waals surface area (Å²) in [4.78, 5) is 4.08. The second-order valence-corrected chi connectivity index (χ2v) is 4.25. The Kier molecular flexibility index (Phi) is 4.53. The van der Waals surface area contributed by atoms with E-state index in [0.29, 0.717) is 13.0 Å². The van der Waals surface area contributed by atoms with Crippen molar-refractivity contribution in [3.05, 3.63) is 16.6 Å². The SMILES string of the molecule is CC(CNCC(F)(F)F)Cc1cscn1. The second-order valence-electron chi connectivity index (χ2n) is 3.54. The molecule has 0 fully saturated rings. The van der Waals surface area contributed by atoms with E-state index in [1.54, 1.807) is 5.51 Å². The molecule has 15 heavy (non-hydrogen) atoms. The lowest BCUT2D eigenvalue weighted by molar-refractivity contribution is -0.125. The molecule has 0 amide bonds. The second kappa shape index (κ2) is 5.46. The minimum Gasteiger partial charge on any atom is -0.308 e. The third-order valence-corrected chi connectivity index (χ3v) is 2.49. The van der Waals surface area contributed by atoms with Gasteiger partial charge >= 0.3 is 6.18 Å². The van der Waals surface area contributed by atoms with E-state index in [-0.39, 0.29) is 5.92 Å². The molecule has 1 N–H and O–H groups in total. The first-order chi connectivity index (χ1) is 6.97. The Morgan fingerprint density at radius 2 is 2.27 bits per heavy atom. The Labute approximate surface area is 90.5 Å². The molecule has 0 aliphatic heterocycles. The van der Waals surface area contributed by atoms with Crippen LogP contribution < -0.4 is 5.32 Å². The molecule has 0 radical (unpaired) electrons. The molecule has 0 bridgehead atoms. The van der Waals surface area contributed by atoms with Crippen LogP contribution in [0.25, 0.3) is 0 Å². The Hall–Kier alpha value is -0.620. The molecule has 1 unspecified atom stereocenters. The molecule has 1 rings (SSSR count). The molecule has 1 aromatic heterocycles. The number of thiazole rings is 1. The third kappa shape index (κ3) is 5.74. The van der Waals surface area contributed by atoms with Gasteiger partial charge in [0.05, 0.1) is 17.7 Å². The number of nitrogens with one attached hydrogen (secondary N) is 1. The van der Waals surface area contributed by atoms with Crippen LogP contribution in [0.2, 0.25) is 0 Å². The van der Waals surface area contributed by atoms with Gasteiger partial charge in [-0.25, -0.2) is 4.98 Å². The van der Waals surface area contributed by atoms with Gasteiger partial charge in [-0.15, -0.1) is 11.3 Å². The lowest BCUT2D eigenvalue weighted by atomic mass is 10.1. The molecule has 0 aromatic carbocycles. The summed E-state index contributed by atoms with van der Waals surface area (Å²) in [5.74, 6) is 0.162. The average Bonchev–Trinajstić information content (AvgIpc) is 2.54. The third-order valence-electron chi connectivity index (χ3n) is 1.86. The van der Waals surface area contributed by atoms with Crippen molar-refractivity contribution in [2.45, 2.75) is 19.5 Å². The van der Waals surface area contributed by atoms with E-state index in [4.69, 9.17) is 0 Å². The van der Waals surface area contributed by atoms with Gasteiger partial charge in [-0.3, -0.25) is 0 Å². The van der Waals surface area contributed by atoms with E-state index in [1.807, 2.05) is 12.3 Å². The number of alkyl halides is 3. The standard InChI is InChI=1S/C9H13F3N2S/c1-7(2-8-4-15-6-14-8)3-13-5-9(10,11)12/h4,6-7,13H,2-3,5H2,1H3. The summed E-state index contributed by atoms with van der Waals surface area (Å²) in [6, 6.07) is 0. The van der Waals surface area contributed by atoms with Gasteiger partial charge in [0.25, 0.3) is 0 Å². The molecule has 1 aromatic rings. The number of hydrogen-bond donors (Lipinski definition) is 1. The van der Waals surface area contributed by atoms with Crippen molar-refractivity contribution in [2.24, 2.45) is 5.92 Å². The van der Waals surface area contributed by atoms with Crippen molar-refractivity contribution in [2.75, 3.05) is 13.1 Å². The Morgan fingerprint density at radius 1 is 1.53 bits per heavy atom. The Morgan fingerprint density at radius 3 is 2.80 bits per heavy atom. The largest absolute Gasteiger partial charge is 0.401 e. The highest BCUT2D eigenvalue weighted by atomic mass is 32.1. The van der Waals surface area contributed by atoms with Crippen molar-refractivity contribution >= 4 is 11.3 Å². The highest BCUT2D eigenvalue weighted by Gasteiger charge is 2.26. The van der Waals surface area contributed by atoms with E-state index in [2.05, 4.69) is 10.3 Å². The maximum absolute atomic E-state index is 11.8. The van der Waals surface area contributed by atoms with Gasteiger partial charge in [-0.2, -0.15) is 13.2 Å².